The van der Waals surface area contributed by atoms with E-state index in [0.717, 1.165) is 47.7 Å². The van der Waals surface area contributed by atoms with Gasteiger partial charge in [0.2, 0.25) is 0 Å². The molecular weight excluding hydrogens is 444 g/mol. The molecule has 9 heteroatoms. The molecule has 1 aliphatic heterocycles. The molecule has 0 radical (unpaired) electrons. The molecule has 0 saturated carbocycles. The molecule has 3 N–H and O–H groups in total. The second-order valence-corrected chi connectivity index (χ2v) is 9.01. The molecule has 0 amide bonds. The minimum absolute atomic E-state index is 0.111. The number of aliphatic imine (C=N–C) groups is 1. The van der Waals surface area contributed by atoms with Gasteiger partial charge in [-0.15, -0.1) is 5.10 Å². The zero-order chi connectivity index (χ0) is 24.4. The minimum atomic E-state index is -0.125. The first-order chi connectivity index (χ1) is 17.1. The molecule has 3 aromatic rings. The van der Waals surface area contributed by atoms with Gasteiger partial charge in [-0.3, -0.25) is 10.3 Å². The number of rotatable bonds is 8. The van der Waals surface area contributed by atoms with Crippen molar-refractivity contribution in [1.29, 1.82) is 5.41 Å². The summed E-state index contributed by atoms with van der Waals surface area (Å²) in [5.41, 5.74) is 5.76. The van der Waals surface area contributed by atoms with Crippen molar-refractivity contribution in [3.63, 3.8) is 0 Å². The third-order valence-corrected chi connectivity index (χ3v) is 6.68. The van der Waals surface area contributed by atoms with E-state index in [4.69, 9.17) is 19.9 Å². The lowest BCUT2D eigenvalue weighted by molar-refractivity contribution is 0.169. The summed E-state index contributed by atoms with van der Waals surface area (Å²) in [6.07, 6.45) is 7.45. The average Bonchev–Trinajstić information content (AvgIpc) is 3.38. The Morgan fingerprint density at radius 3 is 2.77 bits per heavy atom. The molecule has 0 spiro atoms. The Morgan fingerprint density at radius 1 is 1.14 bits per heavy atom. The van der Waals surface area contributed by atoms with E-state index in [1.165, 1.54) is 19.3 Å². The number of allylic oxidation sites excluding steroid dienone is 1. The largest absolute Gasteiger partial charge is 0.490 e. The number of aromatic nitrogens is 3. The van der Waals surface area contributed by atoms with Gasteiger partial charge in [0.1, 0.15) is 19.0 Å². The second-order valence-electron chi connectivity index (χ2n) is 9.01. The summed E-state index contributed by atoms with van der Waals surface area (Å²) < 4.78 is 13.7. The third-order valence-electron chi connectivity index (χ3n) is 6.68. The summed E-state index contributed by atoms with van der Waals surface area (Å²) in [6.45, 7) is 7.70. The van der Waals surface area contributed by atoms with Crippen molar-refractivity contribution < 1.29 is 14.6 Å². The number of ether oxygens (including phenoxy) is 2. The fourth-order valence-electron chi connectivity index (χ4n) is 4.71. The van der Waals surface area contributed by atoms with Crippen LogP contribution in [0.1, 0.15) is 41.8 Å². The number of aromatic amines is 1. The first-order valence-electron chi connectivity index (χ1n) is 12.2. The van der Waals surface area contributed by atoms with E-state index in [1.54, 1.807) is 4.52 Å². The maximum Gasteiger partial charge on any atom is 0.260 e. The summed E-state index contributed by atoms with van der Waals surface area (Å²) in [5.74, 6) is 1.01. The zero-order valence-corrected chi connectivity index (χ0v) is 20.3. The summed E-state index contributed by atoms with van der Waals surface area (Å²) >= 11 is 0. The van der Waals surface area contributed by atoms with Crippen molar-refractivity contribution in [2.45, 2.75) is 33.1 Å². The number of aliphatic hydroxyl groups is 1. The van der Waals surface area contributed by atoms with Gasteiger partial charge in [0.05, 0.1) is 29.2 Å². The van der Waals surface area contributed by atoms with Crippen LogP contribution in [0.25, 0.3) is 11.3 Å². The maximum atomic E-state index is 9.25. The van der Waals surface area contributed by atoms with Crippen LogP contribution in [0.4, 0.5) is 5.69 Å². The molecule has 5 rings (SSSR count). The number of hydrogen-bond acceptors (Lipinski definition) is 7. The van der Waals surface area contributed by atoms with Gasteiger partial charge >= 0.3 is 0 Å². The SMILES string of the molecule is Cc1[nH]c2c(c1C)C(=N)C(=Nc1c(OCCO)nn3ccccc13)C=C2OCCN1CCCCC1. The van der Waals surface area contributed by atoms with Crippen LogP contribution in [0.3, 0.4) is 0 Å². The van der Waals surface area contributed by atoms with E-state index in [-0.39, 0.29) is 13.2 Å². The molecule has 2 aliphatic rings. The van der Waals surface area contributed by atoms with Crippen molar-refractivity contribution in [2.24, 2.45) is 4.99 Å². The predicted molar refractivity (Wildman–Crippen MR) is 136 cm³/mol. The molecule has 0 aromatic carbocycles. The number of fused-ring (bicyclic) bond motifs is 2. The van der Waals surface area contributed by atoms with E-state index in [2.05, 4.69) is 15.0 Å². The molecule has 1 fully saturated rings. The molecule has 0 unspecified atom stereocenters. The second kappa shape index (κ2) is 10.1. The zero-order valence-electron chi connectivity index (χ0n) is 20.3. The van der Waals surface area contributed by atoms with Gasteiger partial charge in [-0.1, -0.05) is 12.5 Å². The van der Waals surface area contributed by atoms with Gasteiger partial charge < -0.3 is 19.6 Å². The highest BCUT2D eigenvalue weighted by atomic mass is 16.5. The van der Waals surface area contributed by atoms with Crippen molar-refractivity contribution in [3.8, 4) is 5.88 Å². The Hall–Kier alpha value is -3.43. The molecule has 9 nitrogen and oxygen atoms in total. The molecule has 1 aliphatic carbocycles. The van der Waals surface area contributed by atoms with Gasteiger partial charge in [-0.05, 0) is 57.5 Å². The van der Waals surface area contributed by atoms with E-state index < -0.39 is 0 Å². The predicted octanol–water partition coefficient (Wildman–Crippen LogP) is 3.65. The van der Waals surface area contributed by atoms with Crippen LogP contribution in [0.2, 0.25) is 0 Å². The monoisotopic (exact) mass is 476 g/mol. The van der Waals surface area contributed by atoms with Gasteiger partial charge in [-0.25, -0.2) is 9.51 Å². The quantitative estimate of drug-likeness (QED) is 0.460. The molecule has 4 heterocycles. The molecule has 184 valence electrons. The van der Waals surface area contributed by atoms with Gasteiger partial charge in [0.25, 0.3) is 5.88 Å². The minimum Gasteiger partial charge on any atom is -0.490 e. The van der Waals surface area contributed by atoms with E-state index in [9.17, 15) is 5.11 Å². The third kappa shape index (κ3) is 4.61. The number of hydrogen-bond donors (Lipinski definition) is 3. The average molecular weight is 477 g/mol. The Kier molecular flexibility index (Phi) is 6.70. The van der Waals surface area contributed by atoms with E-state index in [0.29, 0.717) is 35.4 Å². The fourth-order valence-corrected chi connectivity index (χ4v) is 4.71. The topological polar surface area (TPSA) is 111 Å². The smallest absolute Gasteiger partial charge is 0.260 e. The lowest BCUT2D eigenvalue weighted by Gasteiger charge is -2.26. The molecule has 1 saturated heterocycles. The molecule has 3 aromatic heterocycles. The number of piperidine rings is 1. The number of likely N-dealkylation sites (tertiary alicyclic amines) is 1. The highest BCUT2D eigenvalue weighted by molar-refractivity contribution is 6.54. The van der Waals surface area contributed by atoms with Crippen LogP contribution in [-0.4, -0.2) is 75.5 Å². The lowest BCUT2D eigenvalue weighted by Crippen LogP contribution is -2.32. The van der Waals surface area contributed by atoms with Crippen LogP contribution in [0.15, 0.2) is 35.5 Å². The van der Waals surface area contributed by atoms with Crippen LogP contribution in [-0.2, 0) is 4.74 Å². The summed E-state index contributed by atoms with van der Waals surface area (Å²) in [5, 5.41) is 22.7. The lowest BCUT2D eigenvalue weighted by atomic mass is 9.95. The Bertz CT molecular complexity index is 1300. The van der Waals surface area contributed by atoms with Crippen molar-refractivity contribution in [2.75, 3.05) is 39.5 Å². The van der Waals surface area contributed by atoms with Crippen LogP contribution < -0.4 is 4.74 Å². The molecular formula is C26H32N6O3. The highest BCUT2D eigenvalue weighted by Gasteiger charge is 2.28. The number of nitrogens with one attached hydrogen (secondary N) is 2. The highest BCUT2D eigenvalue weighted by Crippen LogP contribution is 2.35. The van der Waals surface area contributed by atoms with Crippen LogP contribution >= 0.6 is 0 Å². The maximum absolute atomic E-state index is 9.25. The fraction of sp³-hybridized carbons (Fsp3) is 0.423. The Morgan fingerprint density at radius 2 is 1.97 bits per heavy atom. The number of aryl methyl sites for hydroxylation is 1. The van der Waals surface area contributed by atoms with Crippen LogP contribution in [0, 0.1) is 19.3 Å². The number of nitrogens with zero attached hydrogens (tertiary/aromatic N) is 4. The molecule has 35 heavy (non-hydrogen) atoms. The van der Waals surface area contributed by atoms with Gasteiger partial charge in [0, 0.05) is 30.1 Å². The Balaban J connectivity index is 1.51. The van der Waals surface area contributed by atoms with Crippen molar-refractivity contribution >= 4 is 28.4 Å². The van der Waals surface area contributed by atoms with Crippen molar-refractivity contribution in [1.82, 2.24) is 19.5 Å². The number of H-pyrrole nitrogens is 1. The Labute approximate surface area is 204 Å². The first-order valence-corrected chi connectivity index (χ1v) is 12.2. The van der Waals surface area contributed by atoms with E-state index in [1.807, 2.05) is 44.3 Å². The van der Waals surface area contributed by atoms with Gasteiger partial charge in [0.15, 0.2) is 5.69 Å². The molecule has 0 atom stereocenters. The van der Waals surface area contributed by atoms with E-state index >= 15 is 0 Å². The number of aliphatic hydroxyl groups excluding tert-OH is 1. The summed E-state index contributed by atoms with van der Waals surface area (Å²) in [6, 6.07) is 5.69. The normalized spacial score (nSPS) is 17.6. The summed E-state index contributed by atoms with van der Waals surface area (Å²) in [7, 11) is 0. The molecule has 0 bridgehead atoms. The van der Waals surface area contributed by atoms with Crippen LogP contribution in [0.5, 0.6) is 5.88 Å². The summed E-state index contributed by atoms with van der Waals surface area (Å²) in [4.78, 5) is 10.7. The van der Waals surface area contributed by atoms with Crippen molar-refractivity contribution in [3.05, 3.63) is 53.0 Å². The van der Waals surface area contributed by atoms with Gasteiger partial charge in [-0.2, -0.15) is 0 Å². The first kappa shape index (κ1) is 23.3. The standard InChI is InChI=1S/C26H32N6O3/c1-17-18(2)28-25-21(34-14-12-31-9-5-3-6-10-31)16-19(23(27)22(17)25)29-24-20-8-4-7-11-32(20)30-26(24)35-15-13-33/h4,7-8,11,16,27-28,33H,3,5-6,9-10,12-15H2,1-2H3. The number of pyridine rings is 1.